The maximum absolute atomic E-state index is 12.0. The zero-order valence-electron chi connectivity index (χ0n) is 11.3. The van der Waals surface area contributed by atoms with Crippen LogP contribution in [0.1, 0.15) is 30.6 Å². The van der Waals surface area contributed by atoms with Gasteiger partial charge in [-0.2, -0.15) is 0 Å². The predicted molar refractivity (Wildman–Crippen MR) is 73.9 cm³/mol. The first-order chi connectivity index (χ1) is 9.09. The van der Waals surface area contributed by atoms with Crippen molar-refractivity contribution in [1.29, 1.82) is 0 Å². The van der Waals surface area contributed by atoms with Gasteiger partial charge in [-0.1, -0.05) is 6.92 Å². The van der Waals surface area contributed by atoms with E-state index in [4.69, 9.17) is 10.8 Å². The summed E-state index contributed by atoms with van der Waals surface area (Å²) in [6.07, 6.45) is 0.378. The van der Waals surface area contributed by atoms with E-state index in [9.17, 15) is 18.3 Å². The lowest BCUT2D eigenvalue weighted by Crippen LogP contribution is -2.40. The third-order valence-corrected chi connectivity index (χ3v) is 4.43. The summed E-state index contributed by atoms with van der Waals surface area (Å²) in [5.41, 5.74) is 4.15. The van der Waals surface area contributed by atoms with Gasteiger partial charge in [0, 0.05) is 6.54 Å². The largest absolute Gasteiger partial charge is 0.478 e. The van der Waals surface area contributed by atoms with Gasteiger partial charge in [-0.3, -0.25) is 0 Å². The van der Waals surface area contributed by atoms with Crippen molar-refractivity contribution >= 4 is 21.7 Å². The van der Waals surface area contributed by atoms with Crippen molar-refractivity contribution in [2.75, 3.05) is 12.3 Å². The highest BCUT2D eigenvalue weighted by atomic mass is 32.2. The van der Waals surface area contributed by atoms with Gasteiger partial charge in [0.2, 0.25) is 10.0 Å². The predicted octanol–water partition coefficient (Wildman–Crippen LogP) is 0.406. The van der Waals surface area contributed by atoms with E-state index in [1.54, 1.807) is 6.92 Å². The number of carboxylic acid groups (broad SMARTS) is 1. The molecule has 0 heterocycles. The zero-order chi connectivity index (χ0) is 15.6. The van der Waals surface area contributed by atoms with Crippen LogP contribution in [0.2, 0.25) is 0 Å². The van der Waals surface area contributed by atoms with Crippen LogP contribution in [0.3, 0.4) is 0 Å². The van der Waals surface area contributed by atoms with Crippen LogP contribution in [0.5, 0.6) is 0 Å². The smallest absolute Gasteiger partial charge is 0.335 e. The molecular weight excluding hydrogens is 284 g/mol. The highest BCUT2D eigenvalue weighted by Crippen LogP contribution is 2.20. The van der Waals surface area contributed by atoms with Gasteiger partial charge in [0.05, 0.1) is 16.9 Å². The molecule has 112 valence electrons. The van der Waals surface area contributed by atoms with E-state index in [1.807, 2.05) is 0 Å². The molecule has 1 unspecified atom stereocenters. The van der Waals surface area contributed by atoms with E-state index in [0.29, 0.717) is 6.42 Å². The molecule has 0 aliphatic heterocycles. The lowest BCUT2D eigenvalue weighted by Gasteiger charge is -2.21. The van der Waals surface area contributed by atoms with Crippen molar-refractivity contribution < 1.29 is 23.4 Å². The number of nitrogens with one attached hydrogen (secondary N) is 1. The van der Waals surface area contributed by atoms with E-state index in [-0.39, 0.29) is 22.7 Å². The van der Waals surface area contributed by atoms with Crippen molar-refractivity contribution in [1.82, 2.24) is 4.72 Å². The second-order valence-corrected chi connectivity index (χ2v) is 6.47. The Bertz CT molecular complexity index is 610. The zero-order valence-corrected chi connectivity index (χ0v) is 12.1. The average Bonchev–Trinajstić information content (AvgIpc) is 2.36. The number of hydrogen-bond acceptors (Lipinski definition) is 5. The molecule has 7 nitrogen and oxygen atoms in total. The van der Waals surface area contributed by atoms with Gasteiger partial charge in [0.1, 0.15) is 4.90 Å². The van der Waals surface area contributed by atoms with Crippen molar-refractivity contribution in [3.63, 3.8) is 0 Å². The van der Waals surface area contributed by atoms with E-state index >= 15 is 0 Å². The molecule has 0 spiro atoms. The Balaban J connectivity index is 3.02. The topological polar surface area (TPSA) is 130 Å². The molecule has 5 N–H and O–H groups in total. The van der Waals surface area contributed by atoms with Gasteiger partial charge in [-0.25, -0.2) is 17.9 Å². The summed E-state index contributed by atoms with van der Waals surface area (Å²) < 4.78 is 26.3. The van der Waals surface area contributed by atoms with Gasteiger partial charge in [-0.15, -0.1) is 0 Å². The van der Waals surface area contributed by atoms with Crippen molar-refractivity contribution in [2.24, 2.45) is 0 Å². The van der Waals surface area contributed by atoms with Crippen molar-refractivity contribution in [3.8, 4) is 0 Å². The Morgan fingerprint density at radius 3 is 2.50 bits per heavy atom. The van der Waals surface area contributed by atoms with Gasteiger partial charge in [0.15, 0.2) is 0 Å². The summed E-state index contributed by atoms with van der Waals surface area (Å²) in [4.78, 5) is 10.5. The number of aromatic carboxylic acids is 1. The third-order valence-electron chi connectivity index (χ3n) is 2.95. The monoisotopic (exact) mass is 302 g/mol. The van der Waals surface area contributed by atoms with Crippen LogP contribution in [0, 0.1) is 0 Å². The lowest BCUT2D eigenvalue weighted by molar-refractivity contribution is 0.0613. The summed E-state index contributed by atoms with van der Waals surface area (Å²) in [5.74, 6) is -1.19. The summed E-state index contributed by atoms with van der Waals surface area (Å²) in [6, 6.07) is 3.36. The molecule has 1 aromatic carbocycles. The Kier molecular flexibility index (Phi) is 4.74. The molecule has 0 aliphatic carbocycles. The molecule has 0 aromatic heterocycles. The number of hydrogen-bond donors (Lipinski definition) is 4. The van der Waals surface area contributed by atoms with E-state index in [0.717, 1.165) is 18.2 Å². The molecule has 20 heavy (non-hydrogen) atoms. The van der Waals surface area contributed by atoms with Gasteiger partial charge in [-0.05, 0) is 31.5 Å². The quantitative estimate of drug-likeness (QED) is 0.563. The van der Waals surface area contributed by atoms with E-state index in [1.165, 1.54) is 6.92 Å². The number of aliphatic hydroxyl groups is 1. The standard InChI is InChI=1S/C12H18N2O5S/c1-3-12(2,17)7-14-20(18,19)10-5-4-8(11(15)16)6-9(10)13/h4-6,14,17H,3,7,13H2,1-2H3,(H,15,16). The number of nitrogen functional groups attached to an aromatic ring is 1. The van der Waals surface area contributed by atoms with Crippen LogP contribution in [0.25, 0.3) is 0 Å². The van der Waals surface area contributed by atoms with Crippen LogP contribution < -0.4 is 10.5 Å². The second kappa shape index (κ2) is 5.78. The van der Waals surface area contributed by atoms with Gasteiger partial charge >= 0.3 is 5.97 Å². The fourth-order valence-electron chi connectivity index (χ4n) is 1.38. The minimum absolute atomic E-state index is 0.0954. The molecule has 1 rings (SSSR count). The minimum atomic E-state index is -3.90. The number of sulfonamides is 1. The first-order valence-electron chi connectivity index (χ1n) is 5.94. The molecule has 0 saturated heterocycles. The Labute approximate surface area is 117 Å². The van der Waals surface area contributed by atoms with Crippen LogP contribution in [0.15, 0.2) is 23.1 Å². The molecule has 0 fully saturated rings. The lowest BCUT2D eigenvalue weighted by atomic mass is 10.1. The normalized spacial score (nSPS) is 14.8. The molecule has 8 heteroatoms. The van der Waals surface area contributed by atoms with Crippen LogP contribution in [-0.4, -0.2) is 36.7 Å². The SMILES string of the molecule is CCC(C)(O)CNS(=O)(=O)c1ccc(C(=O)O)cc1N. The summed E-state index contributed by atoms with van der Waals surface area (Å²) in [5, 5.41) is 18.6. The highest BCUT2D eigenvalue weighted by molar-refractivity contribution is 7.89. The molecule has 0 radical (unpaired) electrons. The highest BCUT2D eigenvalue weighted by Gasteiger charge is 2.24. The molecule has 1 aromatic rings. The number of benzene rings is 1. The molecule has 0 bridgehead atoms. The van der Waals surface area contributed by atoms with E-state index in [2.05, 4.69) is 4.72 Å². The Morgan fingerprint density at radius 2 is 2.05 bits per heavy atom. The number of carboxylic acids is 1. The first kappa shape index (κ1) is 16.4. The maximum atomic E-state index is 12.0. The van der Waals surface area contributed by atoms with Crippen LogP contribution >= 0.6 is 0 Å². The Hall–Kier alpha value is -1.64. The van der Waals surface area contributed by atoms with Crippen molar-refractivity contribution in [3.05, 3.63) is 23.8 Å². The van der Waals surface area contributed by atoms with Crippen LogP contribution in [-0.2, 0) is 10.0 Å². The average molecular weight is 302 g/mol. The number of nitrogens with two attached hydrogens (primary N) is 1. The van der Waals surface area contributed by atoms with Crippen molar-refractivity contribution in [2.45, 2.75) is 30.8 Å². The van der Waals surface area contributed by atoms with Gasteiger partial charge < -0.3 is 15.9 Å². The fraction of sp³-hybridized carbons (Fsp3) is 0.417. The molecule has 0 saturated carbocycles. The summed E-state index contributed by atoms with van der Waals surface area (Å²) in [7, 11) is -3.90. The number of rotatable bonds is 6. The first-order valence-corrected chi connectivity index (χ1v) is 7.42. The second-order valence-electron chi connectivity index (χ2n) is 4.73. The molecule has 1 atom stereocenters. The maximum Gasteiger partial charge on any atom is 0.335 e. The molecule has 0 amide bonds. The molecule has 0 aliphatic rings. The Morgan fingerprint density at radius 1 is 1.45 bits per heavy atom. The summed E-state index contributed by atoms with van der Waals surface area (Å²) >= 11 is 0. The summed E-state index contributed by atoms with van der Waals surface area (Å²) in [6.45, 7) is 3.07. The number of carbonyl (C=O) groups is 1. The van der Waals surface area contributed by atoms with Gasteiger partial charge in [0.25, 0.3) is 0 Å². The minimum Gasteiger partial charge on any atom is -0.478 e. The third kappa shape index (κ3) is 3.92. The fourth-order valence-corrected chi connectivity index (χ4v) is 2.65. The molecular formula is C12H18N2O5S. The van der Waals surface area contributed by atoms with Crippen LogP contribution in [0.4, 0.5) is 5.69 Å². The number of anilines is 1. The van der Waals surface area contributed by atoms with E-state index < -0.39 is 21.6 Å².